The fourth-order valence-corrected chi connectivity index (χ4v) is 2.07. The minimum absolute atomic E-state index is 0.292. The van der Waals surface area contributed by atoms with Gasteiger partial charge < -0.3 is 5.73 Å². The number of nitrogens with zero attached hydrogens (tertiary/aromatic N) is 2. The smallest absolute Gasteiger partial charge is 0.0927 e. The molecule has 0 aliphatic rings. The molecule has 2 aromatic rings. The van der Waals surface area contributed by atoms with Crippen LogP contribution in [0.5, 0.6) is 0 Å². The van der Waals surface area contributed by atoms with E-state index in [9.17, 15) is 0 Å². The third kappa shape index (κ3) is 2.44. The molecule has 2 aromatic heterocycles. The molecule has 0 fully saturated rings. The quantitative estimate of drug-likeness (QED) is 0.587. The second-order valence-electron chi connectivity index (χ2n) is 3.47. The summed E-state index contributed by atoms with van der Waals surface area (Å²) >= 11 is 3.44. The Bertz CT molecular complexity index is 471. The monoisotopic (exact) mass is 293 g/mol. The number of hydrogen-bond acceptors (Lipinski definition) is 5. The van der Waals surface area contributed by atoms with E-state index in [1.807, 2.05) is 12.1 Å². The van der Waals surface area contributed by atoms with Gasteiger partial charge in [0, 0.05) is 34.3 Å². The topological polar surface area (TPSA) is 89.8 Å². The van der Waals surface area contributed by atoms with Crippen LogP contribution in [0.2, 0.25) is 0 Å². The molecule has 0 saturated carbocycles. The van der Waals surface area contributed by atoms with Crippen molar-refractivity contribution < 1.29 is 0 Å². The van der Waals surface area contributed by atoms with Crippen LogP contribution in [-0.4, -0.2) is 9.97 Å². The zero-order valence-electron chi connectivity index (χ0n) is 8.97. The average Bonchev–Trinajstić information content (AvgIpc) is 2.34. The highest BCUT2D eigenvalue weighted by Crippen LogP contribution is 2.28. The van der Waals surface area contributed by atoms with E-state index in [4.69, 9.17) is 11.6 Å². The molecule has 0 aromatic carbocycles. The number of nitrogens with two attached hydrogens (primary N) is 2. The molecule has 0 amide bonds. The maximum Gasteiger partial charge on any atom is 0.0927 e. The van der Waals surface area contributed by atoms with Crippen molar-refractivity contribution in [3.63, 3.8) is 0 Å². The summed E-state index contributed by atoms with van der Waals surface area (Å²) in [5, 5.41) is 0. The molecule has 5 N–H and O–H groups in total. The van der Waals surface area contributed by atoms with Gasteiger partial charge in [0.25, 0.3) is 0 Å². The van der Waals surface area contributed by atoms with E-state index in [0.717, 1.165) is 15.7 Å². The molecule has 5 nitrogen and oxygen atoms in total. The van der Waals surface area contributed by atoms with Crippen LogP contribution >= 0.6 is 15.9 Å². The van der Waals surface area contributed by atoms with E-state index in [2.05, 4.69) is 31.3 Å². The fourth-order valence-electron chi connectivity index (χ4n) is 1.58. The number of hydrazine groups is 1. The van der Waals surface area contributed by atoms with Gasteiger partial charge in [-0.3, -0.25) is 15.8 Å². The van der Waals surface area contributed by atoms with Crippen LogP contribution in [-0.2, 0) is 0 Å². The van der Waals surface area contributed by atoms with E-state index in [-0.39, 0.29) is 6.04 Å². The second-order valence-corrected chi connectivity index (χ2v) is 4.33. The molecular weight excluding hydrogens is 282 g/mol. The lowest BCUT2D eigenvalue weighted by Gasteiger charge is -2.18. The number of aromatic nitrogens is 2. The third-order valence-electron chi connectivity index (χ3n) is 2.43. The van der Waals surface area contributed by atoms with Crippen LogP contribution in [0.4, 0.5) is 5.69 Å². The normalized spacial score (nSPS) is 12.4. The van der Waals surface area contributed by atoms with Crippen LogP contribution < -0.4 is 17.0 Å². The first-order chi connectivity index (χ1) is 8.24. The van der Waals surface area contributed by atoms with E-state index in [0.29, 0.717) is 5.69 Å². The molecule has 0 saturated heterocycles. The molecule has 1 atom stereocenters. The van der Waals surface area contributed by atoms with Crippen LogP contribution in [0, 0.1) is 0 Å². The second kappa shape index (κ2) is 5.22. The predicted octanol–water partition coefficient (Wildman–Crippen LogP) is 1.37. The minimum Gasteiger partial charge on any atom is -0.398 e. The summed E-state index contributed by atoms with van der Waals surface area (Å²) in [5.41, 5.74) is 10.8. The van der Waals surface area contributed by atoms with Gasteiger partial charge in [-0.2, -0.15) is 0 Å². The van der Waals surface area contributed by atoms with E-state index < -0.39 is 0 Å². The van der Waals surface area contributed by atoms with Gasteiger partial charge in [-0.1, -0.05) is 0 Å². The summed E-state index contributed by atoms with van der Waals surface area (Å²) in [4.78, 5) is 8.35. The molecule has 0 bridgehead atoms. The fraction of sp³-hybridized carbons (Fsp3) is 0.0909. The molecule has 1 unspecified atom stereocenters. The van der Waals surface area contributed by atoms with Gasteiger partial charge in [-0.05, 0) is 34.1 Å². The first kappa shape index (κ1) is 12.0. The Hall–Kier alpha value is -1.50. The summed E-state index contributed by atoms with van der Waals surface area (Å²) in [6, 6.07) is 5.18. The van der Waals surface area contributed by atoms with Crippen molar-refractivity contribution >= 4 is 21.6 Å². The molecule has 6 heteroatoms. The number of halogens is 1. The Kier molecular flexibility index (Phi) is 3.68. The van der Waals surface area contributed by atoms with Crippen molar-refractivity contribution in [3.05, 3.63) is 52.5 Å². The van der Waals surface area contributed by atoms with Gasteiger partial charge in [0.1, 0.15) is 0 Å². The number of rotatable bonds is 3. The lowest BCUT2D eigenvalue weighted by atomic mass is 10.0. The maximum atomic E-state index is 5.91. The number of pyridine rings is 2. The zero-order chi connectivity index (χ0) is 12.3. The van der Waals surface area contributed by atoms with Gasteiger partial charge >= 0.3 is 0 Å². The highest BCUT2D eigenvalue weighted by atomic mass is 79.9. The molecule has 0 aliphatic heterocycles. The summed E-state index contributed by atoms with van der Waals surface area (Å²) in [6.45, 7) is 0. The Morgan fingerprint density at radius 1 is 1.29 bits per heavy atom. The highest BCUT2D eigenvalue weighted by molar-refractivity contribution is 9.10. The first-order valence-corrected chi connectivity index (χ1v) is 5.79. The molecular formula is C11H12BrN5. The van der Waals surface area contributed by atoms with Crippen LogP contribution in [0.15, 0.2) is 41.3 Å². The van der Waals surface area contributed by atoms with E-state index in [1.165, 1.54) is 0 Å². The van der Waals surface area contributed by atoms with Crippen LogP contribution in [0.1, 0.15) is 17.3 Å². The zero-order valence-corrected chi connectivity index (χ0v) is 10.6. The SMILES string of the molecule is NNC(c1cnccc1N)c1ncccc1Br. The van der Waals surface area contributed by atoms with E-state index in [1.54, 1.807) is 24.7 Å². The van der Waals surface area contributed by atoms with Crippen molar-refractivity contribution in [2.45, 2.75) is 6.04 Å². The van der Waals surface area contributed by atoms with Gasteiger partial charge in [0.15, 0.2) is 0 Å². The molecule has 0 spiro atoms. The number of nitrogens with one attached hydrogen (secondary N) is 1. The van der Waals surface area contributed by atoms with Gasteiger partial charge in [0.2, 0.25) is 0 Å². The van der Waals surface area contributed by atoms with Crippen molar-refractivity contribution in [2.75, 3.05) is 5.73 Å². The molecule has 2 heterocycles. The summed E-state index contributed by atoms with van der Waals surface area (Å²) < 4.78 is 0.867. The standard InChI is InChI=1S/C11H12BrN5/c12-8-2-1-4-16-11(8)10(17-14)7-6-15-5-3-9(7)13/h1-6,10,17H,14H2,(H2,13,15). The van der Waals surface area contributed by atoms with E-state index >= 15 is 0 Å². The summed E-state index contributed by atoms with van der Waals surface area (Å²) in [7, 11) is 0. The maximum absolute atomic E-state index is 5.91. The molecule has 17 heavy (non-hydrogen) atoms. The molecule has 2 rings (SSSR count). The lowest BCUT2D eigenvalue weighted by Crippen LogP contribution is -2.30. The highest BCUT2D eigenvalue weighted by Gasteiger charge is 2.18. The van der Waals surface area contributed by atoms with Crippen molar-refractivity contribution in [2.24, 2.45) is 5.84 Å². The lowest BCUT2D eigenvalue weighted by molar-refractivity contribution is 0.617. The third-order valence-corrected chi connectivity index (χ3v) is 3.10. The molecule has 0 radical (unpaired) electrons. The largest absolute Gasteiger partial charge is 0.398 e. The number of hydrogen-bond donors (Lipinski definition) is 3. The van der Waals surface area contributed by atoms with Crippen molar-refractivity contribution in [1.82, 2.24) is 15.4 Å². The summed E-state index contributed by atoms with van der Waals surface area (Å²) in [5.74, 6) is 5.58. The average molecular weight is 294 g/mol. The van der Waals surface area contributed by atoms with Crippen LogP contribution in [0.25, 0.3) is 0 Å². The predicted molar refractivity (Wildman–Crippen MR) is 69.8 cm³/mol. The van der Waals surface area contributed by atoms with Crippen molar-refractivity contribution in [1.29, 1.82) is 0 Å². The number of anilines is 1. The minimum atomic E-state index is -0.292. The Labute approximate surface area is 107 Å². The Balaban J connectivity index is 2.48. The van der Waals surface area contributed by atoms with Gasteiger partial charge in [0.05, 0.1) is 11.7 Å². The van der Waals surface area contributed by atoms with Gasteiger partial charge in [-0.25, -0.2) is 5.43 Å². The summed E-state index contributed by atoms with van der Waals surface area (Å²) in [6.07, 6.45) is 5.03. The van der Waals surface area contributed by atoms with Gasteiger partial charge in [-0.15, -0.1) is 0 Å². The Morgan fingerprint density at radius 3 is 2.76 bits per heavy atom. The van der Waals surface area contributed by atoms with Crippen LogP contribution in [0.3, 0.4) is 0 Å². The number of nitrogen functional groups attached to an aromatic ring is 1. The first-order valence-electron chi connectivity index (χ1n) is 5.00. The Morgan fingerprint density at radius 2 is 2.12 bits per heavy atom. The molecule has 0 aliphatic carbocycles. The molecule has 88 valence electrons. The van der Waals surface area contributed by atoms with Crippen molar-refractivity contribution in [3.8, 4) is 0 Å².